The number of benzene rings is 1. The normalized spacial score (nSPS) is 11.2. The first-order valence-corrected chi connectivity index (χ1v) is 7.35. The van der Waals surface area contributed by atoms with Gasteiger partial charge in [-0.25, -0.2) is 13.6 Å². The van der Waals surface area contributed by atoms with Crippen LogP contribution >= 0.6 is 15.9 Å². The number of carbonyl (C=O) groups excluding carboxylic acids is 1. The average Bonchev–Trinajstić information content (AvgIpc) is 2.15. The van der Waals surface area contributed by atoms with Crippen molar-refractivity contribution in [3.8, 4) is 0 Å². The summed E-state index contributed by atoms with van der Waals surface area (Å²) in [4.78, 5) is 11.7. The monoisotopic (exact) mass is 320 g/mol. The van der Waals surface area contributed by atoms with Crippen molar-refractivity contribution in [3.63, 3.8) is 0 Å². The molecule has 1 aromatic carbocycles. The van der Waals surface area contributed by atoms with Crippen LogP contribution in [-0.4, -0.2) is 26.6 Å². The van der Waals surface area contributed by atoms with Gasteiger partial charge in [-0.05, 0) is 30.7 Å². The van der Waals surface area contributed by atoms with Crippen LogP contribution in [0.2, 0.25) is 0 Å². The van der Waals surface area contributed by atoms with E-state index in [1.54, 1.807) is 19.1 Å². The number of sulfonamides is 1. The van der Waals surface area contributed by atoms with Crippen molar-refractivity contribution in [2.75, 3.05) is 12.3 Å². The highest BCUT2D eigenvalue weighted by atomic mass is 79.9. The number of hydrogen-bond donors (Lipinski definition) is 2. The lowest BCUT2D eigenvalue weighted by Gasteiger charge is -2.07. The zero-order valence-electron chi connectivity index (χ0n) is 9.23. The lowest BCUT2D eigenvalue weighted by Crippen LogP contribution is -2.31. The fourth-order valence-electron chi connectivity index (χ4n) is 1.28. The number of carbonyl (C=O) groups is 1. The molecule has 7 heteroatoms. The van der Waals surface area contributed by atoms with E-state index >= 15 is 0 Å². The zero-order valence-corrected chi connectivity index (χ0v) is 11.6. The van der Waals surface area contributed by atoms with Crippen molar-refractivity contribution >= 4 is 31.9 Å². The number of nitrogens with two attached hydrogens (primary N) is 1. The van der Waals surface area contributed by atoms with Gasteiger partial charge in [-0.1, -0.05) is 15.9 Å². The summed E-state index contributed by atoms with van der Waals surface area (Å²) < 4.78 is 22.2. The summed E-state index contributed by atoms with van der Waals surface area (Å²) in [5.41, 5.74) is 1.33. The van der Waals surface area contributed by atoms with Gasteiger partial charge in [0.25, 0.3) is 5.91 Å². The number of hydrogen-bond acceptors (Lipinski definition) is 3. The molecule has 3 N–H and O–H groups in total. The Bertz CT molecular complexity index is 528. The molecule has 0 atom stereocenters. The van der Waals surface area contributed by atoms with Crippen molar-refractivity contribution < 1.29 is 13.2 Å². The maximum absolute atomic E-state index is 11.7. The number of rotatable bonds is 4. The molecule has 0 fully saturated rings. The molecule has 0 saturated heterocycles. The third kappa shape index (κ3) is 4.84. The minimum atomic E-state index is -3.54. The van der Waals surface area contributed by atoms with E-state index < -0.39 is 10.0 Å². The van der Waals surface area contributed by atoms with Gasteiger partial charge in [-0.3, -0.25) is 4.79 Å². The van der Waals surface area contributed by atoms with Gasteiger partial charge in [0.2, 0.25) is 10.0 Å². The smallest absolute Gasteiger partial charge is 0.251 e. The summed E-state index contributed by atoms with van der Waals surface area (Å²) in [5, 5.41) is 7.33. The van der Waals surface area contributed by atoms with Crippen LogP contribution in [0, 0.1) is 6.92 Å². The van der Waals surface area contributed by atoms with Crippen LogP contribution in [0.15, 0.2) is 22.7 Å². The topological polar surface area (TPSA) is 89.3 Å². The first kappa shape index (κ1) is 14.1. The first-order chi connectivity index (χ1) is 7.79. The van der Waals surface area contributed by atoms with E-state index in [2.05, 4.69) is 21.2 Å². The molecule has 0 radical (unpaired) electrons. The van der Waals surface area contributed by atoms with Gasteiger partial charge in [0.05, 0.1) is 5.75 Å². The van der Waals surface area contributed by atoms with Crippen LogP contribution in [0.25, 0.3) is 0 Å². The van der Waals surface area contributed by atoms with Gasteiger partial charge >= 0.3 is 0 Å². The van der Waals surface area contributed by atoms with E-state index in [0.717, 1.165) is 10.0 Å². The van der Waals surface area contributed by atoms with Crippen molar-refractivity contribution in [1.29, 1.82) is 0 Å². The highest BCUT2D eigenvalue weighted by Crippen LogP contribution is 2.15. The molecule has 0 unspecified atom stereocenters. The second-order valence-electron chi connectivity index (χ2n) is 3.58. The molecule has 0 aliphatic rings. The maximum Gasteiger partial charge on any atom is 0.251 e. The summed E-state index contributed by atoms with van der Waals surface area (Å²) >= 11 is 3.30. The minimum Gasteiger partial charge on any atom is -0.351 e. The molecule has 0 heterocycles. The molecular weight excluding hydrogens is 308 g/mol. The van der Waals surface area contributed by atoms with Crippen LogP contribution in [0.5, 0.6) is 0 Å². The lowest BCUT2D eigenvalue weighted by molar-refractivity contribution is 0.0955. The fourth-order valence-corrected chi connectivity index (χ4v) is 2.15. The predicted octanol–water partition coefficient (Wildman–Crippen LogP) is 0.776. The number of halogens is 1. The van der Waals surface area contributed by atoms with Gasteiger partial charge in [0.1, 0.15) is 0 Å². The van der Waals surface area contributed by atoms with E-state index in [9.17, 15) is 13.2 Å². The average molecular weight is 321 g/mol. The van der Waals surface area contributed by atoms with Crippen molar-refractivity contribution in [2.45, 2.75) is 6.92 Å². The maximum atomic E-state index is 11.7. The second-order valence-corrected chi connectivity index (χ2v) is 6.23. The molecule has 0 spiro atoms. The van der Waals surface area contributed by atoms with Crippen molar-refractivity contribution in [2.24, 2.45) is 5.14 Å². The Kier molecular flexibility index (Phi) is 4.67. The van der Waals surface area contributed by atoms with E-state index in [0.29, 0.717) is 5.56 Å². The molecule has 0 aliphatic carbocycles. The number of nitrogens with one attached hydrogen (secondary N) is 1. The lowest BCUT2D eigenvalue weighted by atomic mass is 10.1. The molecule has 17 heavy (non-hydrogen) atoms. The molecule has 0 saturated carbocycles. The predicted molar refractivity (Wildman–Crippen MR) is 69.2 cm³/mol. The third-order valence-electron chi connectivity index (χ3n) is 2.11. The standard InChI is InChI=1S/C10H13BrN2O3S/c1-7-6-8(11)2-3-9(7)10(14)13-4-5-17(12,15)16/h2-3,6H,4-5H2,1H3,(H,13,14)(H2,12,15,16). The Hall–Kier alpha value is -0.920. The summed E-state index contributed by atoms with van der Waals surface area (Å²) in [6, 6.07) is 5.24. The van der Waals surface area contributed by atoms with E-state index in [1.807, 2.05) is 6.07 Å². The Morgan fingerprint density at radius 1 is 1.47 bits per heavy atom. The molecular formula is C10H13BrN2O3S. The van der Waals surface area contributed by atoms with Crippen LogP contribution in [0.3, 0.4) is 0 Å². The molecule has 1 aromatic rings. The fraction of sp³-hybridized carbons (Fsp3) is 0.300. The van der Waals surface area contributed by atoms with Crippen LogP contribution in [0.1, 0.15) is 15.9 Å². The molecule has 0 aromatic heterocycles. The van der Waals surface area contributed by atoms with Gasteiger partial charge in [0, 0.05) is 16.6 Å². The van der Waals surface area contributed by atoms with Gasteiger partial charge in [-0.2, -0.15) is 0 Å². The number of aryl methyl sites for hydroxylation is 1. The number of primary sulfonamides is 1. The summed E-state index contributed by atoms with van der Waals surface area (Å²) in [5.74, 6) is -0.576. The highest BCUT2D eigenvalue weighted by Gasteiger charge is 2.10. The van der Waals surface area contributed by atoms with Gasteiger partial charge in [0.15, 0.2) is 0 Å². The Labute approximate surface area is 109 Å². The van der Waals surface area contributed by atoms with E-state index in [4.69, 9.17) is 5.14 Å². The summed E-state index contributed by atoms with van der Waals surface area (Å²) in [6.07, 6.45) is 0. The van der Waals surface area contributed by atoms with Crippen molar-refractivity contribution in [3.05, 3.63) is 33.8 Å². The Balaban J connectivity index is 2.65. The molecule has 1 rings (SSSR count). The quantitative estimate of drug-likeness (QED) is 0.859. The molecule has 0 bridgehead atoms. The SMILES string of the molecule is Cc1cc(Br)ccc1C(=O)NCCS(N)(=O)=O. The molecule has 94 valence electrons. The molecule has 1 amide bonds. The Morgan fingerprint density at radius 2 is 2.12 bits per heavy atom. The van der Waals surface area contributed by atoms with Crippen molar-refractivity contribution in [1.82, 2.24) is 5.32 Å². The van der Waals surface area contributed by atoms with E-state index in [1.165, 1.54) is 0 Å². The van der Waals surface area contributed by atoms with Gasteiger partial charge < -0.3 is 5.32 Å². The summed E-state index contributed by atoms with van der Waals surface area (Å²) in [7, 11) is -3.54. The van der Waals surface area contributed by atoms with Crippen LogP contribution < -0.4 is 10.5 Å². The second kappa shape index (κ2) is 5.61. The largest absolute Gasteiger partial charge is 0.351 e. The number of amides is 1. The first-order valence-electron chi connectivity index (χ1n) is 4.84. The Morgan fingerprint density at radius 3 is 2.65 bits per heavy atom. The van der Waals surface area contributed by atoms with Crippen LogP contribution in [0.4, 0.5) is 0 Å². The minimum absolute atomic E-state index is 0.00711. The molecule has 0 aliphatic heterocycles. The zero-order chi connectivity index (χ0) is 13.1. The highest BCUT2D eigenvalue weighted by molar-refractivity contribution is 9.10. The van der Waals surface area contributed by atoms with Gasteiger partial charge in [-0.15, -0.1) is 0 Å². The third-order valence-corrected chi connectivity index (χ3v) is 3.37. The molecule has 5 nitrogen and oxygen atoms in total. The summed E-state index contributed by atoms with van der Waals surface area (Å²) in [6.45, 7) is 1.81. The van der Waals surface area contributed by atoms with E-state index in [-0.39, 0.29) is 18.2 Å². The van der Waals surface area contributed by atoms with Crippen LogP contribution in [-0.2, 0) is 10.0 Å².